The number of esters is 1. The molecule has 0 bridgehead atoms. The van der Waals surface area contributed by atoms with Crippen LogP contribution in [0.25, 0.3) is 0 Å². The Morgan fingerprint density at radius 3 is 2.81 bits per heavy atom. The third-order valence-electron chi connectivity index (χ3n) is 3.58. The summed E-state index contributed by atoms with van der Waals surface area (Å²) in [7, 11) is 0. The number of nitrogens with zero attached hydrogens (tertiary/aromatic N) is 1. The Balaban J connectivity index is 2.30. The van der Waals surface area contributed by atoms with Crippen LogP contribution in [0.5, 0.6) is 0 Å². The number of carbonyl (C=O) groups excluding carboxylic acids is 2. The Morgan fingerprint density at radius 1 is 1.50 bits per heavy atom. The maximum absolute atomic E-state index is 12.1. The molecule has 1 unspecified atom stereocenters. The van der Waals surface area contributed by atoms with E-state index in [-0.39, 0.29) is 17.3 Å². The molecule has 1 amide bonds. The molecule has 2 fully saturated rings. The molecule has 0 aromatic carbocycles. The fourth-order valence-electron chi connectivity index (χ4n) is 3.07. The standard InChI is InChI=1S/C12H19NO3/c1-4-16-10(15)12-6-5-9(14)13(12)8-11(2,3)7-12/h4-8H2,1-3H3. The van der Waals surface area contributed by atoms with Crippen LogP contribution in [0.4, 0.5) is 0 Å². The lowest BCUT2D eigenvalue weighted by Crippen LogP contribution is -2.48. The Hall–Kier alpha value is -1.06. The molecule has 0 spiro atoms. The van der Waals surface area contributed by atoms with Crippen molar-refractivity contribution in [1.29, 1.82) is 0 Å². The molecule has 0 aliphatic carbocycles. The number of carbonyl (C=O) groups is 2. The molecule has 90 valence electrons. The molecule has 2 rings (SSSR count). The zero-order valence-electron chi connectivity index (χ0n) is 10.2. The number of ether oxygens (including phenoxy) is 1. The van der Waals surface area contributed by atoms with E-state index in [9.17, 15) is 9.59 Å². The average molecular weight is 225 g/mol. The van der Waals surface area contributed by atoms with Gasteiger partial charge in [-0.2, -0.15) is 0 Å². The van der Waals surface area contributed by atoms with Crippen molar-refractivity contribution in [2.45, 2.75) is 45.6 Å². The molecule has 2 saturated heterocycles. The Morgan fingerprint density at radius 2 is 2.19 bits per heavy atom. The summed E-state index contributed by atoms with van der Waals surface area (Å²) in [5.41, 5.74) is -0.639. The normalized spacial score (nSPS) is 31.7. The van der Waals surface area contributed by atoms with Gasteiger partial charge in [0.05, 0.1) is 6.61 Å². The van der Waals surface area contributed by atoms with Crippen molar-refractivity contribution >= 4 is 11.9 Å². The summed E-state index contributed by atoms with van der Waals surface area (Å²) in [4.78, 5) is 25.6. The quantitative estimate of drug-likeness (QED) is 0.666. The van der Waals surface area contributed by atoms with Crippen LogP contribution < -0.4 is 0 Å². The van der Waals surface area contributed by atoms with Gasteiger partial charge in [0.15, 0.2) is 0 Å². The van der Waals surface area contributed by atoms with Crippen molar-refractivity contribution < 1.29 is 14.3 Å². The van der Waals surface area contributed by atoms with Crippen LogP contribution >= 0.6 is 0 Å². The Labute approximate surface area is 95.9 Å². The summed E-state index contributed by atoms with van der Waals surface area (Å²) < 4.78 is 5.14. The van der Waals surface area contributed by atoms with Crippen molar-refractivity contribution in [3.05, 3.63) is 0 Å². The van der Waals surface area contributed by atoms with Gasteiger partial charge in [-0.15, -0.1) is 0 Å². The van der Waals surface area contributed by atoms with Gasteiger partial charge in [0.2, 0.25) is 5.91 Å². The van der Waals surface area contributed by atoms with Crippen LogP contribution in [-0.2, 0) is 14.3 Å². The first-order chi connectivity index (χ1) is 7.41. The monoisotopic (exact) mass is 225 g/mol. The number of amides is 1. The highest BCUT2D eigenvalue weighted by Gasteiger charge is 2.59. The van der Waals surface area contributed by atoms with Crippen molar-refractivity contribution in [3.8, 4) is 0 Å². The first-order valence-electron chi connectivity index (χ1n) is 5.89. The van der Waals surface area contributed by atoms with Crippen LogP contribution in [0, 0.1) is 5.41 Å². The van der Waals surface area contributed by atoms with Crippen LogP contribution in [-0.4, -0.2) is 35.5 Å². The van der Waals surface area contributed by atoms with Crippen LogP contribution in [0.15, 0.2) is 0 Å². The first-order valence-corrected chi connectivity index (χ1v) is 5.89. The van der Waals surface area contributed by atoms with E-state index in [1.165, 1.54) is 0 Å². The summed E-state index contributed by atoms with van der Waals surface area (Å²) in [5.74, 6) is -0.120. The summed E-state index contributed by atoms with van der Waals surface area (Å²) in [6.45, 7) is 7.04. The minimum absolute atomic E-state index is 0.0167. The van der Waals surface area contributed by atoms with Gasteiger partial charge in [-0.25, -0.2) is 4.79 Å². The number of hydrogen-bond donors (Lipinski definition) is 0. The predicted molar refractivity (Wildman–Crippen MR) is 58.7 cm³/mol. The van der Waals surface area contributed by atoms with Crippen molar-refractivity contribution in [1.82, 2.24) is 4.90 Å². The van der Waals surface area contributed by atoms with Gasteiger partial charge in [-0.3, -0.25) is 4.79 Å². The van der Waals surface area contributed by atoms with Gasteiger partial charge < -0.3 is 9.64 Å². The van der Waals surface area contributed by atoms with E-state index in [0.29, 0.717) is 26.0 Å². The zero-order valence-corrected chi connectivity index (χ0v) is 10.2. The fraction of sp³-hybridized carbons (Fsp3) is 0.833. The molecular formula is C12H19NO3. The molecule has 2 aliphatic heterocycles. The molecule has 0 saturated carbocycles. The average Bonchev–Trinajstić information content (AvgIpc) is 2.62. The van der Waals surface area contributed by atoms with Crippen LogP contribution in [0.1, 0.15) is 40.0 Å². The minimum atomic E-state index is -0.656. The summed E-state index contributed by atoms with van der Waals surface area (Å²) in [5, 5.41) is 0. The Kier molecular flexibility index (Phi) is 2.48. The zero-order chi connectivity index (χ0) is 12.0. The molecule has 16 heavy (non-hydrogen) atoms. The highest BCUT2D eigenvalue weighted by atomic mass is 16.5. The molecular weight excluding hydrogens is 206 g/mol. The first kappa shape index (κ1) is 11.4. The van der Waals surface area contributed by atoms with E-state index in [2.05, 4.69) is 13.8 Å². The minimum Gasteiger partial charge on any atom is -0.464 e. The van der Waals surface area contributed by atoms with E-state index in [0.717, 1.165) is 6.42 Å². The molecule has 0 aromatic heterocycles. The van der Waals surface area contributed by atoms with Crippen LogP contribution in [0.2, 0.25) is 0 Å². The molecule has 0 radical (unpaired) electrons. The van der Waals surface area contributed by atoms with Gasteiger partial charge >= 0.3 is 5.97 Å². The molecule has 4 nitrogen and oxygen atoms in total. The van der Waals surface area contributed by atoms with Gasteiger partial charge in [-0.1, -0.05) is 13.8 Å². The maximum atomic E-state index is 12.1. The summed E-state index contributed by atoms with van der Waals surface area (Å²) in [6, 6.07) is 0. The smallest absolute Gasteiger partial charge is 0.332 e. The fourth-order valence-corrected chi connectivity index (χ4v) is 3.07. The van der Waals surface area contributed by atoms with E-state index in [4.69, 9.17) is 4.74 Å². The Bertz CT molecular complexity index is 337. The third kappa shape index (κ3) is 1.51. The predicted octanol–water partition coefficient (Wildman–Crippen LogP) is 1.34. The molecule has 4 heteroatoms. The molecule has 2 aliphatic rings. The second-order valence-corrected chi connectivity index (χ2v) is 5.57. The number of fused-ring (bicyclic) bond motifs is 1. The summed E-state index contributed by atoms with van der Waals surface area (Å²) in [6.07, 6.45) is 1.83. The van der Waals surface area contributed by atoms with Gasteiger partial charge in [0.25, 0.3) is 0 Å². The van der Waals surface area contributed by atoms with E-state index >= 15 is 0 Å². The highest BCUT2D eigenvalue weighted by molar-refractivity contribution is 5.92. The number of rotatable bonds is 2. The maximum Gasteiger partial charge on any atom is 0.332 e. The lowest BCUT2D eigenvalue weighted by atomic mass is 9.82. The summed E-state index contributed by atoms with van der Waals surface area (Å²) >= 11 is 0. The second-order valence-electron chi connectivity index (χ2n) is 5.57. The molecule has 2 heterocycles. The molecule has 0 aromatic rings. The third-order valence-corrected chi connectivity index (χ3v) is 3.58. The lowest BCUT2D eigenvalue weighted by Gasteiger charge is -2.29. The van der Waals surface area contributed by atoms with Crippen molar-refractivity contribution in [2.24, 2.45) is 5.41 Å². The van der Waals surface area contributed by atoms with Crippen LogP contribution in [0.3, 0.4) is 0 Å². The second kappa shape index (κ2) is 3.47. The van der Waals surface area contributed by atoms with E-state index < -0.39 is 5.54 Å². The SMILES string of the molecule is CCOC(=O)C12CCC(=O)N1CC(C)(C)C2. The van der Waals surface area contributed by atoms with E-state index in [1.54, 1.807) is 11.8 Å². The van der Waals surface area contributed by atoms with Gasteiger partial charge in [0.1, 0.15) is 5.54 Å². The van der Waals surface area contributed by atoms with Gasteiger partial charge in [-0.05, 0) is 25.2 Å². The molecule has 0 N–H and O–H groups in total. The van der Waals surface area contributed by atoms with E-state index in [1.807, 2.05) is 0 Å². The topological polar surface area (TPSA) is 46.6 Å². The van der Waals surface area contributed by atoms with Crippen molar-refractivity contribution in [2.75, 3.05) is 13.2 Å². The van der Waals surface area contributed by atoms with Crippen molar-refractivity contribution in [3.63, 3.8) is 0 Å². The largest absolute Gasteiger partial charge is 0.464 e. The highest BCUT2D eigenvalue weighted by Crippen LogP contribution is 2.48. The lowest BCUT2D eigenvalue weighted by molar-refractivity contribution is -0.157. The van der Waals surface area contributed by atoms with Gasteiger partial charge in [0, 0.05) is 13.0 Å². The molecule has 1 atom stereocenters. The number of hydrogen-bond acceptors (Lipinski definition) is 3.